The van der Waals surface area contributed by atoms with Gasteiger partial charge in [0.1, 0.15) is 0 Å². The van der Waals surface area contributed by atoms with Gasteiger partial charge < -0.3 is 14.6 Å². The van der Waals surface area contributed by atoms with E-state index in [1.54, 1.807) is 6.20 Å². The molecule has 0 bridgehead atoms. The Hall–Kier alpha value is -2.92. The number of hydrogen-bond acceptors (Lipinski definition) is 4. The van der Waals surface area contributed by atoms with E-state index in [-0.39, 0.29) is 5.91 Å². The van der Waals surface area contributed by atoms with Gasteiger partial charge >= 0.3 is 0 Å². The fourth-order valence-electron chi connectivity index (χ4n) is 4.58. The van der Waals surface area contributed by atoms with Crippen LogP contribution in [-0.2, 0) is 0 Å². The average molecular weight is 387 g/mol. The van der Waals surface area contributed by atoms with Crippen molar-refractivity contribution in [3.63, 3.8) is 0 Å². The molecule has 1 amide bonds. The molecule has 2 atom stereocenters. The standard InChI is InChI=1S/C24H25N3O2/c28-24(27-12-10-18-14-25-15-19(18)11-13-27)21-9-5-4-8-20(21)23-26-16-22(29-23)17-6-2-1-3-7-17/h1-9,16,18-19,25H,10-15H2/t18-,19+. The fraction of sp³-hybridized carbons (Fsp3) is 0.333. The van der Waals surface area contributed by atoms with Crippen molar-refractivity contribution in [1.29, 1.82) is 0 Å². The van der Waals surface area contributed by atoms with Crippen LogP contribution in [0.4, 0.5) is 0 Å². The summed E-state index contributed by atoms with van der Waals surface area (Å²) in [6.45, 7) is 3.80. The molecule has 3 aromatic rings. The van der Waals surface area contributed by atoms with Crippen molar-refractivity contribution in [1.82, 2.24) is 15.2 Å². The highest BCUT2D eigenvalue weighted by molar-refractivity contribution is 6.00. The molecule has 2 aliphatic heterocycles. The monoisotopic (exact) mass is 387 g/mol. The topological polar surface area (TPSA) is 58.4 Å². The third kappa shape index (κ3) is 3.58. The molecule has 0 radical (unpaired) electrons. The van der Waals surface area contributed by atoms with Gasteiger partial charge in [0.15, 0.2) is 5.76 Å². The molecule has 2 aromatic carbocycles. The number of nitrogens with one attached hydrogen (secondary N) is 1. The first-order valence-corrected chi connectivity index (χ1v) is 10.4. The number of aromatic nitrogens is 1. The molecule has 1 aromatic heterocycles. The number of hydrogen-bond donors (Lipinski definition) is 1. The summed E-state index contributed by atoms with van der Waals surface area (Å²) >= 11 is 0. The van der Waals surface area contributed by atoms with Crippen LogP contribution in [0.2, 0.25) is 0 Å². The zero-order valence-corrected chi connectivity index (χ0v) is 16.4. The Bertz CT molecular complexity index is 984. The van der Waals surface area contributed by atoms with Crippen molar-refractivity contribution in [2.45, 2.75) is 12.8 Å². The Balaban J connectivity index is 1.41. The minimum Gasteiger partial charge on any atom is -0.436 e. The quantitative estimate of drug-likeness (QED) is 0.736. The first-order valence-electron chi connectivity index (χ1n) is 10.4. The smallest absolute Gasteiger partial charge is 0.254 e. The Morgan fingerprint density at radius 1 is 0.966 bits per heavy atom. The molecule has 29 heavy (non-hydrogen) atoms. The molecule has 148 valence electrons. The zero-order valence-electron chi connectivity index (χ0n) is 16.4. The van der Waals surface area contributed by atoms with Gasteiger partial charge in [-0.3, -0.25) is 4.79 Å². The summed E-state index contributed by atoms with van der Waals surface area (Å²) in [5, 5.41) is 3.49. The van der Waals surface area contributed by atoms with Crippen LogP contribution in [0.5, 0.6) is 0 Å². The van der Waals surface area contributed by atoms with E-state index in [1.807, 2.05) is 59.5 Å². The van der Waals surface area contributed by atoms with Crippen LogP contribution in [0, 0.1) is 11.8 Å². The maximum atomic E-state index is 13.4. The third-order valence-corrected chi connectivity index (χ3v) is 6.26. The van der Waals surface area contributed by atoms with Crippen molar-refractivity contribution < 1.29 is 9.21 Å². The van der Waals surface area contributed by atoms with Crippen LogP contribution in [0.15, 0.2) is 65.2 Å². The van der Waals surface area contributed by atoms with E-state index in [4.69, 9.17) is 4.42 Å². The summed E-state index contributed by atoms with van der Waals surface area (Å²) < 4.78 is 6.03. The van der Waals surface area contributed by atoms with Crippen molar-refractivity contribution >= 4 is 5.91 Å². The minimum atomic E-state index is 0.0768. The Morgan fingerprint density at radius 2 is 1.66 bits per heavy atom. The number of amides is 1. The number of carbonyl (C=O) groups excluding carboxylic acids is 1. The maximum absolute atomic E-state index is 13.4. The summed E-state index contributed by atoms with van der Waals surface area (Å²) in [5.74, 6) is 2.67. The Morgan fingerprint density at radius 3 is 2.41 bits per heavy atom. The molecule has 0 unspecified atom stereocenters. The van der Waals surface area contributed by atoms with Gasteiger partial charge in [-0.15, -0.1) is 0 Å². The molecule has 2 fully saturated rings. The van der Waals surface area contributed by atoms with Gasteiger partial charge in [-0.25, -0.2) is 4.98 Å². The molecule has 0 spiro atoms. The van der Waals surface area contributed by atoms with E-state index >= 15 is 0 Å². The lowest BCUT2D eigenvalue weighted by molar-refractivity contribution is 0.0759. The van der Waals surface area contributed by atoms with E-state index in [0.29, 0.717) is 29.1 Å². The molecule has 5 heteroatoms. The molecule has 3 heterocycles. The SMILES string of the molecule is O=C(c1ccccc1-c1ncc(-c2ccccc2)o1)N1CC[C@@H]2CNC[C@@H]2CC1. The molecule has 0 saturated carbocycles. The number of oxazole rings is 1. The molecule has 5 rings (SSSR count). The lowest BCUT2D eigenvalue weighted by Gasteiger charge is -2.22. The van der Waals surface area contributed by atoms with E-state index in [0.717, 1.165) is 50.1 Å². The number of likely N-dealkylation sites (tertiary alicyclic amines) is 1. The second-order valence-corrected chi connectivity index (χ2v) is 7.99. The number of rotatable bonds is 3. The highest BCUT2D eigenvalue weighted by atomic mass is 16.4. The summed E-state index contributed by atoms with van der Waals surface area (Å²) in [7, 11) is 0. The molecular weight excluding hydrogens is 362 g/mol. The normalized spacial score (nSPS) is 21.6. The van der Waals surface area contributed by atoms with Gasteiger partial charge in [-0.1, -0.05) is 42.5 Å². The fourth-order valence-corrected chi connectivity index (χ4v) is 4.58. The summed E-state index contributed by atoms with van der Waals surface area (Å²) in [6, 6.07) is 17.5. The van der Waals surface area contributed by atoms with Gasteiger partial charge in [-0.05, 0) is 49.9 Å². The lowest BCUT2D eigenvalue weighted by atomic mass is 9.92. The third-order valence-electron chi connectivity index (χ3n) is 6.26. The van der Waals surface area contributed by atoms with Crippen LogP contribution >= 0.6 is 0 Å². The van der Waals surface area contributed by atoms with Crippen LogP contribution < -0.4 is 5.32 Å². The number of fused-ring (bicyclic) bond motifs is 1. The molecule has 5 nitrogen and oxygen atoms in total. The summed E-state index contributed by atoms with van der Waals surface area (Å²) in [5.41, 5.74) is 2.40. The summed E-state index contributed by atoms with van der Waals surface area (Å²) in [6.07, 6.45) is 3.87. The van der Waals surface area contributed by atoms with E-state index in [1.165, 1.54) is 0 Å². The molecule has 2 aliphatic rings. The highest BCUT2D eigenvalue weighted by Crippen LogP contribution is 2.31. The van der Waals surface area contributed by atoms with Crippen LogP contribution in [0.3, 0.4) is 0 Å². The van der Waals surface area contributed by atoms with Crippen LogP contribution in [-0.4, -0.2) is 42.0 Å². The number of carbonyl (C=O) groups is 1. The van der Waals surface area contributed by atoms with Gasteiger partial charge in [-0.2, -0.15) is 0 Å². The van der Waals surface area contributed by atoms with Gasteiger partial charge in [0, 0.05) is 24.2 Å². The van der Waals surface area contributed by atoms with Crippen molar-refractivity contribution in [2.24, 2.45) is 11.8 Å². The first-order chi connectivity index (χ1) is 14.3. The second-order valence-electron chi connectivity index (χ2n) is 7.99. The molecular formula is C24H25N3O2. The second kappa shape index (κ2) is 7.84. The molecule has 1 N–H and O–H groups in total. The van der Waals surface area contributed by atoms with E-state index < -0.39 is 0 Å². The number of benzene rings is 2. The highest BCUT2D eigenvalue weighted by Gasteiger charge is 2.32. The summed E-state index contributed by atoms with van der Waals surface area (Å²) in [4.78, 5) is 19.9. The maximum Gasteiger partial charge on any atom is 0.254 e. The van der Waals surface area contributed by atoms with Crippen molar-refractivity contribution in [2.75, 3.05) is 26.2 Å². The van der Waals surface area contributed by atoms with Crippen LogP contribution in [0.25, 0.3) is 22.8 Å². The zero-order chi connectivity index (χ0) is 19.6. The van der Waals surface area contributed by atoms with Crippen molar-refractivity contribution in [3.8, 4) is 22.8 Å². The number of nitrogens with zero attached hydrogens (tertiary/aromatic N) is 2. The Labute approximate surface area is 170 Å². The van der Waals surface area contributed by atoms with Gasteiger partial charge in [0.2, 0.25) is 5.89 Å². The van der Waals surface area contributed by atoms with Gasteiger partial charge in [0.05, 0.1) is 11.8 Å². The minimum absolute atomic E-state index is 0.0768. The van der Waals surface area contributed by atoms with E-state index in [2.05, 4.69) is 10.3 Å². The average Bonchev–Trinajstić information content (AvgIpc) is 3.40. The molecule has 2 saturated heterocycles. The van der Waals surface area contributed by atoms with Crippen molar-refractivity contribution in [3.05, 3.63) is 66.4 Å². The van der Waals surface area contributed by atoms with Gasteiger partial charge in [0.25, 0.3) is 5.91 Å². The lowest BCUT2D eigenvalue weighted by Crippen LogP contribution is -2.33. The molecule has 0 aliphatic carbocycles. The largest absolute Gasteiger partial charge is 0.436 e. The predicted octanol–water partition coefficient (Wildman–Crippen LogP) is 4.08. The van der Waals surface area contributed by atoms with Crippen LogP contribution in [0.1, 0.15) is 23.2 Å². The first kappa shape index (κ1) is 18.1. The van der Waals surface area contributed by atoms with E-state index in [9.17, 15) is 4.79 Å². The predicted molar refractivity (Wildman–Crippen MR) is 112 cm³/mol. The Kier molecular flexibility index (Phi) is 4.90.